The summed E-state index contributed by atoms with van der Waals surface area (Å²) in [5, 5.41) is 12.4. The number of nitrogens with zero attached hydrogens (tertiary/aromatic N) is 4. The first kappa shape index (κ1) is 16.6. The van der Waals surface area contributed by atoms with Crippen LogP contribution in [0.25, 0.3) is 10.8 Å². The Kier molecular flexibility index (Phi) is 4.40. The van der Waals surface area contributed by atoms with Crippen molar-refractivity contribution >= 4 is 28.7 Å². The zero-order chi connectivity index (χ0) is 18.6. The lowest BCUT2D eigenvalue weighted by molar-refractivity contribution is 0.102. The van der Waals surface area contributed by atoms with Gasteiger partial charge < -0.3 is 5.32 Å². The normalized spacial score (nSPS) is 10.7. The highest BCUT2D eigenvalue weighted by Gasteiger charge is 2.14. The summed E-state index contributed by atoms with van der Waals surface area (Å²) in [6.45, 7) is 0.556. The number of hydrogen-bond donors (Lipinski definition) is 1. The van der Waals surface area contributed by atoms with Crippen molar-refractivity contribution in [3.63, 3.8) is 0 Å². The van der Waals surface area contributed by atoms with E-state index in [1.807, 2.05) is 30.3 Å². The Labute approximate surface area is 154 Å². The molecule has 0 bridgehead atoms. The van der Waals surface area contributed by atoms with Gasteiger partial charge in [0.1, 0.15) is 5.69 Å². The first-order chi connectivity index (χ1) is 13.3. The molecule has 0 fully saturated rings. The molecule has 0 saturated heterocycles. The third kappa shape index (κ3) is 3.30. The van der Waals surface area contributed by atoms with E-state index < -0.39 is 0 Å². The summed E-state index contributed by atoms with van der Waals surface area (Å²) in [4.78, 5) is 27.9. The molecule has 2 heterocycles. The average Bonchev–Trinajstić information content (AvgIpc) is 3.22. The summed E-state index contributed by atoms with van der Waals surface area (Å²) in [6, 6.07) is 14.7. The molecule has 4 aromatic rings. The quantitative estimate of drug-likeness (QED) is 0.555. The number of amides is 1. The molecule has 2 aromatic heterocycles. The first-order valence-corrected chi connectivity index (χ1v) is 8.32. The summed E-state index contributed by atoms with van der Waals surface area (Å²) in [5.41, 5.74) is 2.13. The van der Waals surface area contributed by atoms with E-state index in [0.717, 1.165) is 16.3 Å². The summed E-state index contributed by atoms with van der Waals surface area (Å²) in [6.07, 6.45) is 5.55. The van der Waals surface area contributed by atoms with Gasteiger partial charge in [-0.1, -0.05) is 35.5 Å². The van der Waals surface area contributed by atoms with E-state index in [-0.39, 0.29) is 11.6 Å². The highest BCUT2D eigenvalue weighted by atomic mass is 16.1. The second kappa shape index (κ2) is 7.17. The van der Waals surface area contributed by atoms with Crippen molar-refractivity contribution < 1.29 is 9.59 Å². The Hall–Kier alpha value is -3.87. The van der Waals surface area contributed by atoms with E-state index >= 15 is 0 Å². The lowest BCUT2D eigenvalue weighted by Crippen LogP contribution is -2.14. The molecule has 2 aromatic carbocycles. The number of pyridine rings is 1. The maximum Gasteiger partial charge on any atom is 0.256 e. The number of rotatable bonds is 5. The molecular formula is C20H15N5O2. The number of carbonyl (C=O) groups is 2. The molecule has 132 valence electrons. The Bertz CT molecular complexity index is 1120. The third-order valence-electron chi connectivity index (χ3n) is 4.26. The predicted octanol–water partition coefficient (Wildman–Crippen LogP) is 2.94. The van der Waals surface area contributed by atoms with Crippen LogP contribution in [-0.4, -0.2) is 32.2 Å². The van der Waals surface area contributed by atoms with Gasteiger partial charge in [-0.25, -0.2) is 4.68 Å². The predicted molar refractivity (Wildman–Crippen MR) is 101 cm³/mol. The molecule has 0 aliphatic heterocycles. The van der Waals surface area contributed by atoms with E-state index in [1.165, 1.54) is 6.20 Å². The van der Waals surface area contributed by atoms with Crippen LogP contribution in [-0.2, 0) is 6.54 Å². The number of aromatic nitrogens is 4. The zero-order valence-corrected chi connectivity index (χ0v) is 14.2. The largest absolute Gasteiger partial charge is 0.320 e. The lowest BCUT2D eigenvalue weighted by Gasteiger charge is -2.12. The maximum atomic E-state index is 12.8. The maximum absolute atomic E-state index is 12.8. The molecule has 0 aliphatic carbocycles. The topological polar surface area (TPSA) is 89.8 Å². The van der Waals surface area contributed by atoms with Crippen LogP contribution >= 0.6 is 0 Å². The Balaban J connectivity index is 1.72. The molecule has 1 N–H and O–H groups in total. The van der Waals surface area contributed by atoms with Gasteiger partial charge in [-0.2, -0.15) is 0 Å². The third-order valence-corrected chi connectivity index (χ3v) is 4.26. The van der Waals surface area contributed by atoms with Gasteiger partial charge >= 0.3 is 0 Å². The van der Waals surface area contributed by atoms with Crippen molar-refractivity contribution in [3.8, 4) is 0 Å². The summed E-state index contributed by atoms with van der Waals surface area (Å²) >= 11 is 0. The van der Waals surface area contributed by atoms with Crippen molar-refractivity contribution in [1.29, 1.82) is 0 Å². The smallest absolute Gasteiger partial charge is 0.256 e. The molecule has 0 radical (unpaired) electrons. The van der Waals surface area contributed by atoms with Crippen LogP contribution in [0.3, 0.4) is 0 Å². The number of fused-ring (bicyclic) bond motifs is 1. The molecular weight excluding hydrogens is 342 g/mol. The summed E-state index contributed by atoms with van der Waals surface area (Å²) < 4.78 is 1.73. The van der Waals surface area contributed by atoms with Crippen LogP contribution in [0.2, 0.25) is 0 Å². The molecule has 0 unspecified atom stereocenters. The summed E-state index contributed by atoms with van der Waals surface area (Å²) in [7, 11) is 0. The molecule has 0 aliphatic rings. The first-order valence-electron chi connectivity index (χ1n) is 8.32. The fourth-order valence-corrected chi connectivity index (χ4v) is 3.00. The SMILES string of the molecule is O=Cc1ncccc1NC(=O)c1ccc(Cn2ccnn2)c2ccccc12. The van der Waals surface area contributed by atoms with Crippen LogP contribution in [0.5, 0.6) is 0 Å². The van der Waals surface area contributed by atoms with Crippen molar-refractivity contribution in [3.05, 3.63) is 83.9 Å². The molecule has 1 amide bonds. The van der Waals surface area contributed by atoms with Gasteiger partial charge in [-0.05, 0) is 34.5 Å². The number of benzene rings is 2. The van der Waals surface area contributed by atoms with E-state index in [9.17, 15) is 9.59 Å². The van der Waals surface area contributed by atoms with E-state index in [4.69, 9.17) is 0 Å². The van der Waals surface area contributed by atoms with Crippen molar-refractivity contribution in [2.45, 2.75) is 6.54 Å². The highest BCUT2D eigenvalue weighted by molar-refractivity contribution is 6.14. The van der Waals surface area contributed by atoms with Gasteiger partial charge in [0.05, 0.1) is 18.4 Å². The van der Waals surface area contributed by atoms with E-state index in [1.54, 1.807) is 35.3 Å². The Morgan fingerprint density at radius 1 is 1.04 bits per heavy atom. The molecule has 0 saturated carbocycles. The average molecular weight is 357 g/mol. The van der Waals surface area contributed by atoms with E-state index in [2.05, 4.69) is 20.6 Å². The second-order valence-corrected chi connectivity index (χ2v) is 5.93. The lowest BCUT2D eigenvalue weighted by atomic mass is 9.99. The molecule has 4 rings (SSSR count). The second-order valence-electron chi connectivity index (χ2n) is 5.93. The minimum Gasteiger partial charge on any atom is -0.320 e. The van der Waals surface area contributed by atoms with Gasteiger partial charge in [0.2, 0.25) is 0 Å². The van der Waals surface area contributed by atoms with Gasteiger partial charge in [-0.3, -0.25) is 14.6 Å². The van der Waals surface area contributed by atoms with Crippen molar-refractivity contribution in [2.75, 3.05) is 5.32 Å². The number of nitrogens with one attached hydrogen (secondary N) is 1. The zero-order valence-electron chi connectivity index (χ0n) is 14.2. The number of carbonyl (C=O) groups excluding carboxylic acids is 2. The fourth-order valence-electron chi connectivity index (χ4n) is 3.00. The minimum absolute atomic E-state index is 0.193. The number of anilines is 1. The highest BCUT2D eigenvalue weighted by Crippen LogP contribution is 2.25. The van der Waals surface area contributed by atoms with Crippen LogP contribution in [0.4, 0.5) is 5.69 Å². The Morgan fingerprint density at radius 2 is 1.89 bits per heavy atom. The molecule has 7 nitrogen and oxygen atoms in total. The summed E-state index contributed by atoms with van der Waals surface area (Å²) in [5.74, 6) is -0.297. The van der Waals surface area contributed by atoms with Gasteiger partial charge in [0.15, 0.2) is 6.29 Å². The van der Waals surface area contributed by atoms with E-state index in [0.29, 0.717) is 24.1 Å². The van der Waals surface area contributed by atoms with Gasteiger partial charge in [0, 0.05) is 18.0 Å². The number of hydrogen-bond acceptors (Lipinski definition) is 5. The van der Waals surface area contributed by atoms with Crippen LogP contribution in [0.15, 0.2) is 67.1 Å². The van der Waals surface area contributed by atoms with Crippen LogP contribution in [0.1, 0.15) is 26.4 Å². The van der Waals surface area contributed by atoms with Crippen molar-refractivity contribution in [2.24, 2.45) is 0 Å². The molecule has 0 spiro atoms. The minimum atomic E-state index is -0.297. The van der Waals surface area contributed by atoms with Gasteiger partial charge in [0.25, 0.3) is 5.91 Å². The van der Waals surface area contributed by atoms with Gasteiger partial charge in [-0.15, -0.1) is 5.10 Å². The monoisotopic (exact) mass is 357 g/mol. The standard InChI is InChI=1S/C20H15N5O2/c26-13-19-18(6-3-9-21-19)23-20(27)17-8-7-14(12-25-11-10-22-24-25)15-4-1-2-5-16(15)17/h1-11,13H,12H2,(H,23,27). The molecule has 7 heteroatoms. The molecule has 27 heavy (non-hydrogen) atoms. The number of aldehydes is 1. The Morgan fingerprint density at radius 3 is 2.67 bits per heavy atom. The molecule has 0 atom stereocenters. The van der Waals surface area contributed by atoms with Crippen molar-refractivity contribution in [1.82, 2.24) is 20.0 Å². The van der Waals surface area contributed by atoms with Crippen LogP contribution in [0, 0.1) is 0 Å². The van der Waals surface area contributed by atoms with Crippen LogP contribution < -0.4 is 5.32 Å². The fraction of sp³-hybridized carbons (Fsp3) is 0.0500.